The van der Waals surface area contributed by atoms with Crippen molar-refractivity contribution in [2.45, 2.75) is 0 Å². The summed E-state index contributed by atoms with van der Waals surface area (Å²) in [7, 11) is 0. The lowest BCUT2D eigenvalue weighted by Gasteiger charge is -2.03. The first-order valence-electron chi connectivity index (χ1n) is 7.02. The van der Waals surface area contributed by atoms with Gasteiger partial charge in [0.15, 0.2) is 5.13 Å². The molecule has 2 heterocycles. The van der Waals surface area contributed by atoms with Crippen LogP contribution in [0.4, 0.5) is 10.9 Å². The maximum atomic E-state index is 4.46. The standard InChI is InChI=1S/C18H13N3S/c1-2-8-14-13(6-1)7-5-9-15(14)16-12-20-18(22-16)21-17-10-3-4-11-19-17/h1-12H,(H,19,20,21). The average molecular weight is 303 g/mol. The van der Waals surface area contributed by atoms with Crippen LogP contribution >= 0.6 is 11.3 Å². The zero-order chi connectivity index (χ0) is 14.8. The van der Waals surface area contributed by atoms with Crippen molar-refractivity contribution in [1.29, 1.82) is 0 Å². The van der Waals surface area contributed by atoms with Gasteiger partial charge in [-0.25, -0.2) is 9.97 Å². The van der Waals surface area contributed by atoms with Gasteiger partial charge in [-0.3, -0.25) is 0 Å². The normalized spacial score (nSPS) is 10.7. The number of aromatic nitrogens is 2. The number of hydrogen-bond acceptors (Lipinski definition) is 4. The molecule has 0 saturated carbocycles. The third kappa shape index (κ3) is 2.44. The second-order valence-corrected chi connectivity index (χ2v) is 5.93. The van der Waals surface area contributed by atoms with Gasteiger partial charge in [-0.1, -0.05) is 59.9 Å². The molecule has 0 atom stereocenters. The fourth-order valence-electron chi connectivity index (χ4n) is 2.44. The molecular weight excluding hydrogens is 290 g/mol. The van der Waals surface area contributed by atoms with Crippen molar-refractivity contribution in [2.24, 2.45) is 0 Å². The van der Waals surface area contributed by atoms with Gasteiger partial charge in [0.1, 0.15) is 5.82 Å². The lowest BCUT2D eigenvalue weighted by molar-refractivity contribution is 1.29. The van der Waals surface area contributed by atoms with Crippen LogP contribution < -0.4 is 5.32 Å². The molecule has 4 aromatic rings. The summed E-state index contributed by atoms with van der Waals surface area (Å²) in [6.07, 6.45) is 3.68. The predicted molar refractivity (Wildman–Crippen MR) is 92.6 cm³/mol. The van der Waals surface area contributed by atoms with E-state index in [9.17, 15) is 0 Å². The minimum absolute atomic E-state index is 0.807. The topological polar surface area (TPSA) is 37.8 Å². The van der Waals surface area contributed by atoms with Crippen LogP contribution in [0.5, 0.6) is 0 Å². The van der Waals surface area contributed by atoms with Crippen LogP contribution in [-0.2, 0) is 0 Å². The zero-order valence-electron chi connectivity index (χ0n) is 11.7. The van der Waals surface area contributed by atoms with Gasteiger partial charge in [-0.05, 0) is 22.9 Å². The Hall–Kier alpha value is -2.72. The Morgan fingerprint density at radius 3 is 2.59 bits per heavy atom. The summed E-state index contributed by atoms with van der Waals surface area (Å²) in [5.74, 6) is 0.807. The number of rotatable bonds is 3. The van der Waals surface area contributed by atoms with Gasteiger partial charge in [-0.15, -0.1) is 0 Å². The van der Waals surface area contributed by atoms with E-state index < -0.39 is 0 Å². The number of nitrogens with zero attached hydrogens (tertiary/aromatic N) is 2. The van der Waals surface area contributed by atoms with Crippen LogP contribution in [0.25, 0.3) is 21.2 Å². The number of fused-ring (bicyclic) bond motifs is 1. The molecule has 0 fully saturated rings. The monoisotopic (exact) mass is 303 g/mol. The maximum Gasteiger partial charge on any atom is 0.188 e. The van der Waals surface area contributed by atoms with E-state index in [1.54, 1.807) is 17.5 Å². The van der Waals surface area contributed by atoms with E-state index in [0.29, 0.717) is 0 Å². The van der Waals surface area contributed by atoms with Gasteiger partial charge in [0.2, 0.25) is 0 Å². The van der Waals surface area contributed by atoms with Gasteiger partial charge < -0.3 is 5.32 Å². The maximum absolute atomic E-state index is 4.46. The summed E-state index contributed by atoms with van der Waals surface area (Å²) in [5.41, 5.74) is 1.21. The molecule has 3 nitrogen and oxygen atoms in total. The summed E-state index contributed by atoms with van der Waals surface area (Å²) < 4.78 is 0. The lowest BCUT2D eigenvalue weighted by Crippen LogP contribution is -1.90. The van der Waals surface area contributed by atoms with Crippen LogP contribution in [0.2, 0.25) is 0 Å². The molecule has 0 spiro atoms. The molecule has 0 aliphatic heterocycles. The number of benzene rings is 2. The predicted octanol–water partition coefficient (Wildman–Crippen LogP) is 5.10. The first-order chi connectivity index (χ1) is 10.9. The van der Waals surface area contributed by atoms with Gasteiger partial charge in [0, 0.05) is 18.0 Å². The molecule has 0 bridgehead atoms. The molecule has 4 rings (SSSR count). The van der Waals surface area contributed by atoms with Crippen molar-refractivity contribution in [3.8, 4) is 10.4 Å². The molecule has 0 amide bonds. The summed E-state index contributed by atoms with van der Waals surface area (Å²) in [4.78, 5) is 9.87. The average Bonchev–Trinajstić information content (AvgIpc) is 3.03. The molecule has 1 N–H and O–H groups in total. The number of thiazole rings is 1. The Kier molecular flexibility index (Phi) is 3.29. The number of pyridine rings is 1. The molecule has 22 heavy (non-hydrogen) atoms. The van der Waals surface area contributed by atoms with Gasteiger partial charge in [0.05, 0.1) is 4.88 Å². The highest BCUT2D eigenvalue weighted by molar-refractivity contribution is 7.19. The van der Waals surface area contributed by atoms with Crippen LogP contribution in [0, 0.1) is 0 Å². The van der Waals surface area contributed by atoms with Crippen LogP contribution in [-0.4, -0.2) is 9.97 Å². The highest BCUT2D eigenvalue weighted by Crippen LogP contribution is 2.34. The summed E-state index contributed by atoms with van der Waals surface area (Å²) in [5, 5.41) is 6.58. The third-order valence-corrected chi connectivity index (χ3v) is 4.41. The third-order valence-electron chi connectivity index (χ3n) is 3.46. The second kappa shape index (κ2) is 5.58. The Labute approximate surface area is 132 Å². The Bertz CT molecular complexity index is 910. The van der Waals surface area contributed by atoms with E-state index in [0.717, 1.165) is 15.8 Å². The van der Waals surface area contributed by atoms with Crippen molar-refractivity contribution in [2.75, 3.05) is 5.32 Å². The summed E-state index contributed by atoms with van der Waals surface area (Å²) in [6.45, 7) is 0. The second-order valence-electron chi connectivity index (χ2n) is 4.90. The minimum atomic E-state index is 0.807. The molecule has 0 radical (unpaired) electrons. The van der Waals surface area contributed by atoms with Crippen molar-refractivity contribution >= 4 is 33.1 Å². The van der Waals surface area contributed by atoms with Crippen molar-refractivity contribution in [3.63, 3.8) is 0 Å². The van der Waals surface area contributed by atoms with Crippen LogP contribution in [0.3, 0.4) is 0 Å². The number of hydrogen-bond donors (Lipinski definition) is 1. The molecule has 2 aromatic heterocycles. The highest BCUT2D eigenvalue weighted by atomic mass is 32.1. The molecule has 4 heteroatoms. The van der Waals surface area contributed by atoms with Crippen molar-refractivity contribution in [3.05, 3.63) is 73.1 Å². The van der Waals surface area contributed by atoms with E-state index in [2.05, 4.69) is 57.7 Å². The lowest BCUT2D eigenvalue weighted by atomic mass is 10.0. The molecule has 2 aromatic carbocycles. The quantitative estimate of drug-likeness (QED) is 0.572. The van der Waals surface area contributed by atoms with Gasteiger partial charge >= 0.3 is 0 Å². The largest absolute Gasteiger partial charge is 0.316 e. The van der Waals surface area contributed by atoms with Gasteiger partial charge in [-0.2, -0.15) is 0 Å². The van der Waals surface area contributed by atoms with Crippen LogP contribution in [0.15, 0.2) is 73.1 Å². The Morgan fingerprint density at radius 2 is 1.68 bits per heavy atom. The fourth-order valence-corrected chi connectivity index (χ4v) is 3.31. The Morgan fingerprint density at radius 1 is 0.818 bits per heavy atom. The van der Waals surface area contributed by atoms with E-state index in [1.165, 1.54) is 16.3 Å². The van der Waals surface area contributed by atoms with Gasteiger partial charge in [0.25, 0.3) is 0 Å². The van der Waals surface area contributed by atoms with Crippen molar-refractivity contribution < 1.29 is 0 Å². The number of anilines is 2. The van der Waals surface area contributed by atoms with E-state index >= 15 is 0 Å². The molecule has 0 unspecified atom stereocenters. The molecule has 106 valence electrons. The summed E-state index contributed by atoms with van der Waals surface area (Å²) in [6, 6.07) is 20.6. The van der Waals surface area contributed by atoms with Crippen molar-refractivity contribution in [1.82, 2.24) is 9.97 Å². The first-order valence-corrected chi connectivity index (χ1v) is 7.84. The minimum Gasteiger partial charge on any atom is -0.316 e. The highest BCUT2D eigenvalue weighted by Gasteiger charge is 2.08. The smallest absolute Gasteiger partial charge is 0.188 e. The first kappa shape index (κ1) is 13.0. The van der Waals surface area contributed by atoms with E-state index in [4.69, 9.17) is 0 Å². The van der Waals surface area contributed by atoms with Crippen LogP contribution in [0.1, 0.15) is 0 Å². The molecule has 0 aliphatic rings. The molecule has 0 aliphatic carbocycles. The van der Waals surface area contributed by atoms with E-state index in [1.807, 2.05) is 24.4 Å². The van der Waals surface area contributed by atoms with E-state index in [-0.39, 0.29) is 0 Å². The molecule has 0 saturated heterocycles. The Balaban J connectivity index is 1.71. The number of nitrogens with one attached hydrogen (secondary N) is 1. The zero-order valence-corrected chi connectivity index (χ0v) is 12.5. The molecular formula is C18H13N3S. The summed E-state index contributed by atoms with van der Waals surface area (Å²) >= 11 is 1.63. The SMILES string of the molecule is c1ccc(Nc2ncc(-c3cccc4ccccc34)s2)nc1. The fraction of sp³-hybridized carbons (Fsp3) is 0.